The lowest BCUT2D eigenvalue weighted by Crippen LogP contribution is -1.93. The number of aryl methyl sites for hydroxylation is 2. The number of nitro benzene ring substituents is 1. The lowest BCUT2D eigenvalue weighted by atomic mass is 10.2. The molecular weight excluding hydrogens is 302 g/mol. The molecule has 1 aromatic heterocycles. The minimum absolute atomic E-state index is 0.0810. The molecule has 3 aromatic rings. The fourth-order valence-electron chi connectivity index (χ4n) is 2.58. The number of nitro groups is 1. The van der Waals surface area contributed by atoms with Gasteiger partial charge in [-0.3, -0.25) is 15.1 Å². The number of aliphatic imine (C=N–C) groups is 1. The topological polar surface area (TPSA) is 60.4 Å². The van der Waals surface area contributed by atoms with Gasteiger partial charge in [-0.1, -0.05) is 18.2 Å². The Labute approximate surface area is 140 Å². The Morgan fingerprint density at radius 2 is 1.83 bits per heavy atom. The normalized spacial score (nSPS) is 11.1. The average molecular weight is 319 g/mol. The van der Waals surface area contributed by atoms with Gasteiger partial charge in [0, 0.05) is 41.5 Å². The van der Waals surface area contributed by atoms with Gasteiger partial charge in [-0.2, -0.15) is 0 Å². The van der Waals surface area contributed by atoms with Crippen LogP contribution in [0.4, 0.5) is 11.4 Å². The molecule has 0 saturated heterocycles. The van der Waals surface area contributed by atoms with Crippen LogP contribution in [0.5, 0.6) is 0 Å². The van der Waals surface area contributed by atoms with E-state index in [0.29, 0.717) is 0 Å². The van der Waals surface area contributed by atoms with Gasteiger partial charge in [0.15, 0.2) is 0 Å². The van der Waals surface area contributed by atoms with E-state index in [4.69, 9.17) is 0 Å². The number of hydrogen-bond acceptors (Lipinski definition) is 3. The zero-order chi connectivity index (χ0) is 17.1. The largest absolute Gasteiger partial charge is 0.321 e. The molecule has 1 heterocycles. The summed E-state index contributed by atoms with van der Waals surface area (Å²) in [5, 5.41) is 10.8. The van der Waals surface area contributed by atoms with Crippen molar-refractivity contribution in [3.63, 3.8) is 0 Å². The molecule has 24 heavy (non-hydrogen) atoms. The summed E-state index contributed by atoms with van der Waals surface area (Å²) in [6.45, 7) is 3.86. The highest BCUT2D eigenvalue weighted by atomic mass is 16.6. The first-order valence-electron chi connectivity index (χ1n) is 7.58. The summed E-state index contributed by atoms with van der Waals surface area (Å²) in [6.07, 6.45) is 3.80. The Balaban J connectivity index is 1.87. The van der Waals surface area contributed by atoms with Gasteiger partial charge >= 0.3 is 0 Å². The van der Waals surface area contributed by atoms with Crippen molar-refractivity contribution in [1.82, 2.24) is 4.57 Å². The summed E-state index contributed by atoms with van der Waals surface area (Å²) in [5.41, 5.74) is 4.78. The highest BCUT2D eigenvalue weighted by molar-refractivity contribution is 5.82. The number of benzene rings is 2. The van der Waals surface area contributed by atoms with E-state index in [2.05, 4.69) is 15.6 Å². The zero-order valence-corrected chi connectivity index (χ0v) is 13.5. The second-order valence-electron chi connectivity index (χ2n) is 5.61. The number of nitrogens with zero attached hydrogens (tertiary/aromatic N) is 3. The molecule has 0 aliphatic rings. The molecule has 5 nitrogen and oxygen atoms in total. The maximum Gasteiger partial charge on any atom is 0.269 e. The van der Waals surface area contributed by atoms with E-state index in [1.54, 1.807) is 12.3 Å². The molecule has 0 amide bonds. The summed E-state index contributed by atoms with van der Waals surface area (Å²) in [7, 11) is 0. The molecule has 2 aromatic carbocycles. The van der Waals surface area contributed by atoms with Gasteiger partial charge in [0.25, 0.3) is 5.69 Å². The Hall–Kier alpha value is -3.21. The van der Waals surface area contributed by atoms with Crippen molar-refractivity contribution in [2.24, 2.45) is 4.99 Å². The molecule has 0 aliphatic heterocycles. The van der Waals surface area contributed by atoms with E-state index in [0.717, 1.165) is 28.2 Å². The average Bonchev–Trinajstić information content (AvgIpc) is 2.95. The van der Waals surface area contributed by atoms with Crippen LogP contribution >= 0.6 is 0 Å². The number of para-hydroxylation sites is 1. The first kappa shape index (κ1) is 15.7. The van der Waals surface area contributed by atoms with Crippen molar-refractivity contribution in [3.8, 4) is 5.69 Å². The monoisotopic (exact) mass is 319 g/mol. The number of non-ortho nitro benzene ring substituents is 1. The van der Waals surface area contributed by atoms with Crippen molar-refractivity contribution >= 4 is 17.6 Å². The molecule has 3 rings (SSSR count). The molecule has 0 saturated carbocycles. The van der Waals surface area contributed by atoms with Gasteiger partial charge in [0.05, 0.1) is 10.6 Å². The Morgan fingerprint density at radius 3 is 2.50 bits per heavy atom. The molecule has 0 N–H and O–H groups in total. The molecule has 5 heteroatoms. The van der Waals surface area contributed by atoms with E-state index in [-0.39, 0.29) is 5.69 Å². The standard InChI is InChI=1S/C19H17N3O2/c1-14-10-18(22(23)24)8-9-19(14)20-12-16-11-15(2)21(13-16)17-6-4-3-5-7-17/h3-13H,1-2H3. The van der Waals surface area contributed by atoms with Crippen LogP contribution in [0.1, 0.15) is 16.8 Å². The Bertz CT molecular complexity index is 912. The first-order valence-corrected chi connectivity index (χ1v) is 7.58. The molecule has 0 atom stereocenters. The van der Waals surface area contributed by atoms with Crippen LogP contribution in [0.3, 0.4) is 0 Å². The second-order valence-corrected chi connectivity index (χ2v) is 5.61. The predicted octanol–water partition coefficient (Wildman–Crippen LogP) is 4.75. The van der Waals surface area contributed by atoms with Crippen molar-refractivity contribution in [2.75, 3.05) is 0 Å². The smallest absolute Gasteiger partial charge is 0.269 e. The third kappa shape index (κ3) is 3.25. The minimum atomic E-state index is -0.399. The highest BCUT2D eigenvalue weighted by Gasteiger charge is 2.07. The summed E-state index contributed by atoms with van der Waals surface area (Å²) in [6, 6.07) is 16.8. The quantitative estimate of drug-likeness (QED) is 0.396. The minimum Gasteiger partial charge on any atom is -0.321 e. The fourth-order valence-corrected chi connectivity index (χ4v) is 2.58. The number of rotatable bonds is 4. The van der Waals surface area contributed by atoms with Gasteiger partial charge in [-0.15, -0.1) is 0 Å². The van der Waals surface area contributed by atoms with Crippen molar-refractivity contribution < 1.29 is 4.92 Å². The first-order chi connectivity index (χ1) is 11.5. The summed E-state index contributed by atoms with van der Waals surface area (Å²) in [4.78, 5) is 14.8. The van der Waals surface area contributed by atoms with Gasteiger partial charge in [0.2, 0.25) is 0 Å². The molecular formula is C19H17N3O2. The van der Waals surface area contributed by atoms with E-state index in [1.807, 2.05) is 50.4 Å². The highest BCUT2D eigenvalue weighted by Crippen LogP contribution is 2.24. The van der Waals surface area contributed by atoms with Gasteiger partial charge in [-0.05, 0) is 43.7 Å². The fraction of sp³-hybridized carbons (Fsp3) is 0.105. The van der Waals surface area contributed by atoms with Gasteiger partial charge < -0.3 is 4.57 Å². The summed E-state index contributed by atoms with van der Waals surface area (Å²) >= 11 is 0. The Morgan fingerprint density at radius 1 is 1.08 bits per heavy atom. The molecule has 0 radical (unpaired) electrons. The van der Waals surface area contributed by atoms with Crippen LogP contribution in [0, 0.1) is 24.0 Å². The van der Waals surface area contributed by atoms with E-state index in [1.165, 1.54) is 12.1 Å². The second kappa shape index (κ2) is 6.50. The Kier molecular flexibility index (Phi) is 4.24. The molecule has 0 unspecified atom stereocenters. The maximum atomic E-state index is 10.8. The predicted molar refractivity (Wildman–Crippen MR) is 95.6 cm³/mol. The van der Waals surface area contributed by atoms with Crippen LogP contribution in [-0.4, -0.2) is 15.7 Å². The third-order valence-corrected chi connectivity index (χ3v) is 3.81. The van der Waals surface area contributed by atoms with Crippen molar-refractivity contribution in [3.05, 3.63) is 87.7 Å². The number of aromatic nitrogens is 1. The molecule has 0 aliphatic carbocycles. The van der Waals surface area contributed by atoms with E-state index in [9.17, 15) is 10.1 Å². The van der Waals surface area contributed by atoms with Gasteiger partial charge in [-0.25, -0.2) is 0 Å². The lowest BCUT2D eigenvalue weighted by Gasteiger charge is -2.04. The zero-order valence-electron chi connectivity index (χ0n) is 13.5. The van der Waals surface area contributed by atoms with Gasteiger partial charge in [0.1, 0.15) is 0 Å². The van der Waals surface area contributed by atoms with Crippen LogP contribution in [0.2, 0.25) is 0 Å². The van der Waals surface area contributed by atoms with E-state index < -0.39 is 4.92 Å². The molecule has 0 bridgehead atoms. The van der Waals surface area contributed by atoms with Crippen LogP contribution in [0.25, 0.3) is 5.69 Å². The SMILES string of the molecule is Cc1cc([N+](=O)[O-])ccc1N=Cc1cc(C)n(-c2ccccc2)c1. The van der Waals surface area contributed by atoms with Crippen LogP contribution in [0.15, 0.2) is 65.8 Å². The molecule has 0 spiro atoms. The van der Waals surface area contributed by atoms with Crippen LogP contribution < -0.4 is 0 Å². The van der Waals surface area contributed by atoms with Crippen LogP contribution in [-0.2, 0) is 0 Å². The third-order valence-electron chi connectivity index (χ3n) is 3.81. The number of hydrogen-bond donors (Lipinski definition) is 0. The molecule has 120 valence electrons. The van der Waals surface area contributed by atoms with E-state index >= 15 is 0 Å². The lowest BCUT2D eigenvalue weighted by molar-refractivity contribution is -0.384. The summed E-state index contributed by atoms with van der Waals surface area (Å²) < 4.78 is 2.10. The van der Waals surface area contributed by atoms with Crippen molar-refractivity contribution in [2.45, 2.75) is 13.8 Å². The van der Waals surface area contributed by atoms with Crippen molar-refractivity contribution in [1.29, 1.82) is 0 Å². The summed E-state index contributed by atoms with van der Waals surface area (Å²) in [5.74, 6) is 0. The maximum absolute atomic E-state index is 10.8. The molecule has 0 fully saturated rings.